The monoisotopic (exact) mass is 486 g/mol. The molecule has 35 heavy (non-hydrogen) atoms. The first kappa shape index (κ1) is 27.2. The Kier molecular flexibility index (Phi) is 10.1. The van der Waals surface area contributed by atoms with Crippen LogP contribution >= 0.6 is 0 Å². The summed E-state index contributed by atoms with van der Waals surface area (Å²) in [5.41, 5.74) is 0.801. The van der Waals surface area contributed by atoms with E-state index in [4.69, 9.17) is 14.2 Å². The van der Waals surface area contributed by atoms with Gasteiger partial charge in [0.15, 0.2) is 6.61 Å². The number of carbonyl (C=O) groups is 4. The molecule has 0 saturated carbocycles. The van der Waals surface area contributed by atoms with E-state index in [1.54, 1.807) is 69.3 Å². The molecule has 10 nitrogen and oxygen atoms in total. The molecule has 3 N–H and O–H groups in total. The number of hydrogen-bond donors (Lipinski definition) is 3. The van der Waals surface area contributed by atoms with Gasteiger partial charge >= 0.3 is 18.0 Å². The Bertz CT molecular complexity index is 1000. The molecule has 1 atom stereocenters. The number of aliphatic carboxylic acids is 1. The normalized spacial score (nSPS) is 11.6. The molecular weight excluding hydrogens is 456 g/mol. The number of benzene rings is 2. The van der Waals surface area contributed by atoms with Crippen molar-refractivity contribution in [3.05, 3.63) is 65.7 Å². The van der Waals surface area contributed by atoms with Crippen molar-refractivity contribution >= 4 is 23.9 Å². The van der Waals surface area contributed by atoms with E-state index in [-0.39, 0.29) is 19.6 Å². The van der Waals surface area contributed by atoms with Crippen LogP contribution in [0.25, 0.3) is 0 Å². The molecule has 0 fully saturated rings. The summed E-state index contributed by atoms with van der Waals surface area (Å²) >= 11 is 0. The molecule has 0 aromatic heterocycles. The highest BCUT2D eigenvalue weighted by Crippen LogP contribution is 2.15. The summed E-state index contributed by atoms with van der Waals surface area (Å²) in [4.78, 5) is 47.2. The summed E-state index contributed by atoms with van der Waals surface area (Å²) in [6, 6.07) is 14.3. The average Bonchev–Trinajstić information content (AvgIpc) is 2.80. The Balaban J connectivity index is 1.78. The SMILES string of the molecule is CC(C)(C)OC(=O)COc1ccc(CC(NC(=O)CNC(=O)OCc2ccccc2)C(=O)O)cc1. The van der Waals surface area contributed by atoms with Crippen LogP contribution in [0.15, 0.2) is 54.6 Å². The minimum Gasteiger partial charge on any atom is -0.482 e. The van der Waals surface area contributed by atoms with Crippen LogP contribution in [-0.2, 0) is 36.9 Å². The van der Waals surface area contributed by atoms with E-state index in [0.717, 1.165) is 5.56 Å². The second kappa shape index (κ2) is 13.0. The maximum Gasteiger partial charge on any atom is 0.407 e. The van der Waals surface area contributed by atoms with Gasteiger partial charge in [0, 0.05) is 6.42 Å². The summed E-state index contributed by atoms with van der Waals surface area (Å²) in [6.45, 7) is 4.62. The zero-order valence-electron chi connectivity index (χ0n) is 19.9. The van der Waals surface area contributed by atoms with E-state index in [1.807, 2.05) is 6.07 Å². The van der Waals surface area contributed by atoms with Gasteiger partial charge in [-0.15, -0.1) is 0 Å². The van der Waals surface area contributed by atoms with Gasteiger partial charge in [-0.1, -0.05) is 42.5 Å². The van der Waals surface area contributed by atoms with Crippen LogP contribution in [0.1, 0.15) is 31.9 Å². The lowest BCUT2D eigenvalue weighted by molar-refractivity contribution is -0.157. The fourth-order valence-electron chi connectivity index (χ4n) is 2.84. The van der Waals surface area contributed by atoms with Gasteiger partial charge in [-0.05, 0) is 44.0 Å². The molecule has 2 rings (SSSR count). The lowest BCUT2D eigenvalue weighted by Crippen LogP contribution is -2.46. The van der Waals surface area contributed by atoms with E-state index in [1.165, 1.54) is 0 Å². The first-order valence-corrected chi connectivity index (χ1v) is 10.9. The topological polar surface area (TPSA) is 140 Å². The van der Waals surface area contributed by atoms with Gasteiger partial charge in [-0.2, -0.15) is 0 Å². The lowest BCUT2D eigenvalue weighted by atomic mass is 10.1. The number of rotatable bonds is 11. The minimum absolute atomic E-state index is 0.00583. The summed E-state index contributed by atoms with van der Waals surface area (Å²) in [6.07, 6.45) is -0.788. The van der Waals surface area contributed by atoms with E-state index in [0.29, 0.717) is 11.3 Å². The van der Waals surface area contributed by atoms with Gasteiger partial charge in [0.2, 0.25) is 5.91 Å². The second-order valence-corrected chi connectivity index (χ2v) is 8.60. The molecule has 2 aromatic rings. The molecule has 0 spiro atoms. The number of carboxylic acid groups (broad SMARTS) is 1. The predicted octanol–water partition coefficient (Wildman–Crippen LogP) is 2.45. The Labute approximate surface area is 203 Å². The number of carbonyl (C=O) groups excluding carboxylic acids is 3. The van der Waals surface area contributed by atoms with Gasteiger partial charge in [-0.3, -0.25) is 4.79 Å². The van der Waals surface area contributed by atoms with Crippen molar-refractivity contribution in [2.45, 2.75) is 45.4 Å². The van der Waals surface area contributed by atoms with Gasteiger partial charge in [0.1, 0.15) is 30.5 Å². The summed E-state index contributed by atoms with van der Waals surface area (Å²) in [5, 5.41) is 14.1. The van der Waals surface area contributed by atoms with E-state index >= 15 is 0 Å². The molecule has 1 unspecified atom stereocenters. The van der Waals surface area contributed by atoms with Crippen molar-refractivity contribution in [3.63, 3.8) is 0 Å². The molecule has 0 aliphatic carbocycles. The number of hydrogen-bond acceptors (Lipinski definition) is 7. The van der Waals surface area contributed by atoms with Crippen LogP contribution in [0.3, 0.4) is 0 Å². The summed E-state index contributed by atoms with van der Waals surface area (Å²) < 4.78 is 15.5. The number of alkyl carbamates (subject to hydrolysis) is 1. The van der Waals surface area contributed by atoms with Crippen molar-refractivity contribution in [2.75, 3.05) is 13.2 Å². The second-order valence-electron chi connectivity index (χ2n) is 8.60. The Morgan fingerprint density at radius 2 is 1.60 bits per heavy atom. The minimum atomic E-state index is -1.23. The third kappa shape index (κ3) is 11.1. The van der Waals surface area contributed by atoms with Gasteiger partial charge in [0.25, 0.3) is 0 Å². The molecule has 10 heteroatoms. The molecule has 2 aromatic carbocycles. The molecular formula is C25H30N2O8. The Morgan fingerprint density at radius 3 is 2.20 bits per heavy atom. The van der Waals surface area contributed by atoms with E-state index < -0.39 is 42.1 Å². The van der Waals surface area contributed by atoms with Crippen LogP contribution < -0.4 is 15.4 Å². The fraction of sp³-hybridized carbons (Fsp3) is 0.360. The molecule has 0 aliphatic rings. The summed E-state index contributed by atoms with van der Waals surface area (Å²) in [7, 11) is 0. The fourth-order valence-corrected chi connectivity index (χ4v) is 2.84. The quantitative estimate of drug-likeness (QED) is 0.412. The van der Waals surface area contributed by atoms with E-state index in [9.17, 15) is 24.3 Å². The summed E-state index contributed by atoms with van der Waals surface area (Å²) in [5.74, 6) is -2.00. The van der Waals surface area contributed by atoms with Crippen molar-refractivity contribution in [2.24, 2.45) is 0 Å². The predicted molar refractivity (Wildman–Crippen MR) is 126 cm³/mol. The van der Waals surface area contributed by atoms with Gasteiger partial charge in [0.05, 0.1) is 0 Å². The van der Waals surface area contributed by atoms with Crippen molar-refractivity contribution < 1.29 is 38.5 Å². The Hall–Kier alpha value is -4.08. The highest BCUT2D eigenvalue weighted by Gasteiger charge is 2.21. The van der Waals surface area contributed by atoms with Crippen LogP contribution in [-0.4, -0.2) is 53.8 Å². The van der Waals surface area contributed by atoms with Crippen molar-refractivity contribution in [1.82, 2.24) is 10.6 Å². The first-order valence-electron chi connectivity index (χ1n) is 10.9. The number of nitrogens with one attached hydrogen (secondary N) is 2. The maximum absolute atomic E-state index is 12.1. The standard InChI is InChI=1S/C25H30N2O8/c1-25(2,3)35-22(29)16-33-19-11-9-17(10-12-19)13-20(23(30)31)27-21(28)14-26-24(32)34-15-18-7-5-4-6-8-18/h4-12,20H,13-16H2,1-3H3,(H,26,32)(H,27,28)(H,30,31). The van der Waals surface area contributed by atoms with Gasteiger partial charge in [-0.25, -0.2) is 14.4 Å². The molecule has 0 saturated heterocycles. The van der Waals surface area contributed by atoms with E-state index in [2.05, 4.69) is 10.6 Å². The van der Waals surface area contributed by atoms with Crippen molar-refractivity contribution in [3.8, 4) is 5.75 Å². The lowest BCUT2D eigenvalue weighted by Gasteiger charge is -2.19. The molecule has 188 valence electrons. The van der Waals surface area contributed by atoms with Crippen LogP contribution in [0.2, 0.25) is 0 Å². The largest absolute Gasteiger partial charge is 0.482 e. The molecule has 2 amide bonds. The third-order valence-corrected chi connectivity index (χ3v) is 4.38. The zero-order valence-corrected chi connectivity index (χ0v) is 19.9. The smallest absolute Gasteiger partial charge is 0.407 e. The number of carboxylic acids is 1. The van der Waals surface area contributed by atoms with Crippen LogP contribution in [0.4, 0.5) is 4.79 Å². The maximum atomic E-state index is 12.1. The van der Waals surface area contributed by atoms with Crippen LogP contribution in [0.5, 0.6) is 5.75 Å². The van der Waals surface area contributed by atoms with Crippen molar-refractivity contribution in [1.29, 1.82) is 0 Å². The third-order valence-electron chi connectivity index (χ3n) is 4.38. The highest BCUT2D eigenvalue weighted by molar-refractivity contribution is 5.86. The average molecular weight is 487 g/mol. The Morgan fingerprint density at radius 1 is 0.943 bits per heavy atom. The zero-order chi connectivity index (χ0) is 25.8. The number of esters is 1. The number of ether oxygens (including phenoxy) is 3. The molecule has 0 heterocycles. The number of amides is 2. The molecule has 0 bridgehead atoms. The van der Waals surface area contributed by atoms with Crippen LogP contribution in [0, 0.1) is 0 Å². The molecule has 0 aliphatic heterocycles. The highest BCUT2D eigenvalue weighted by atomic mass is 16.6. The molecule has 0 radical (unpaired) electrons. The van der Waals surface area contributed by atoms with Gasteiger partial charge < -0.3 is 30.0 Å². The first-order chi connectivity index (χ1) is 16.5.